The summed E-state index contributed by atoms with van der Waals surface area (Å²) in [6.07, 6.45) is -0.939. The van der Waals surface area contributed by atoms with Gasteiger partial charge in [-0.05, 0) is 59.8 Å². The van der Waals surface area contributed by atoms with Gasteiger partial charge in [-0.15, -0.1) is 0 Å². The van der Waals surface area contributed by atoms with Gasteiger partial charge in [-0.3, -0.25) is 4.79 Å². The van der Waals surface area contributed by atoms with Crippen LogP contribution in [0.2, 0.25) is 0 Å². The van der Waals surface area contributed by atoms with Crippen molar-refractivity contribution < 1.29 is 22.7 Å². The molecule has 0 aliphatic carbocycles. The zero-order valence-electron chi connectivity index (χ0n) is 11.4. The normalized spacial score (nSPS) is 11.9. The lowest BCUT2D eigenvalue weighted by Gasteiger charge is -2.15. The summed E-state index contributed by atoms with van der Waals surface area (Å²) in [5, 5.41) is 2.17. The van der Waals surface area contributed by atoms with Gasteiger partial charge in [-0.25, -0.2) is 13.2 Å². The van der Waals surface area contributed by atoms with Crippen molar-refractivity contribution in [3.8, 4) is 5.75 Å². The highest BCUT2D eigenvalue weighted by Gasteiger charge is 2.19. The van der Waals surface area contributed by atoms with E-state index in [2.05, 4.69) is 27.9 Å². The number of halogens is 4. The summed E-state index contributed by atoms with van der Waals surface area (Å²) in [6, 6.07) is 8.70. The molecular weight excluding hydrogens is 410 g/mol. The maximum absolute atomic E-state index is 13.5. The first-order valence-electron chi connectivity index (χ1n) is 6.25. The molecule has 22 heavy (non-hydrogen) atoms. The number of rotatable bonds is 4. The standard InChI is InChI=1S/C15H11F3INO2/c1-8(22-10-4-2-3-9(19)7-10)15(21)20-12-6-5-11(16)13(17)14(12)18/h2-8H,1H3,(H,20,21). The minimum atomic E-state index is -1.64. The minimum Gasteiger partial charge on any atom is -0.481 e. The molecule has 0 fully saturated rings. The lowest BCUT2D eigenvalue weighted by molar-refractivity contribution is -0.122. The van der Waals surface area contributed by atoms with E-state index in [4.69, 9.17) is 4.74 Å². The first-order valence-corrected chi connectivity index (χ1v) is 7.33. The van der Waals surface area contributed by atoms with Crippen LogP contribution in [0.15, 0.2) is 36.4 Å². The number of carbonyl (C=O) groups is 1. The number of anilines is 1. The maximum Gasteiger partial charge on any atom is 0.265 e. The van der Waals surface area contributed by atoms with Gasteiger partial charge in [-0.2, -0.15) is 0 Å². The molecule has 0 heterocycles. The summed E-state index contributed by atoms with van der Waals surface area (Å²) in [6.45, 7) is 1.47. The molecule has 0 aliphatic rings. The van der Waals surface area contributed by atoms with E-state index in [-0.39, 0.29) is 0 Å². The fourth-order valence-electron chi connectivity index (χ4n) is 1.65. The molecule has 0 saturated carbocycles. The number of nitrogens with one attached hydrogen (secondary N) is 1. The Kier molecular flexibility index (Phi) is 5.28. The SMILES string of the molecule is CC(Oc1cccc(I)c1)C(=O)Nc1ccc(F)c(F)c1F. The third-order valence-electron chi connectivity index (χ3n) is 2.77. The molecule has 0 bridgehead atoms. The molecule has 2 rings (SSSR count). The van der Waals surface area contributed by atoms with Gasteiger partial charge in [0.25, 0.3) is 5.91 Å². The van der Waals surface area contributed by atoms with Gasteiger partial charge in [0, 0.05) is 3.57 Å². The number of hydrogen-bond donors (Lipinski definition) is 1. The molecule has 1 amide bonds. The molecule has 116 valence electrons. The maximum atomic E-state index is 13.5. The molecule has 3 nitrogen and oxygen atoms in total. The number of hydrogen-bond acceptors (Lipinski definition) is 2. The molecule has 0 radical (unpaired) electrons. The highest BCUT2D eigenvalue weighted by atomic mass is 127. The van der Waals surface area contributed by atoms with Crippen LogP contribution in [-0.4, -0.2) is 12.0 Å². The van der Waals surface area contributed by atoms with Gasteiger partial charge in [0.2, 0.25) is 0 Å². The second kappa shape index (κ2) is 6.99. The van der Waals surface area contributed by atoms with Crippen LogP contribution in [0, 0.1) is 21.0 Å². The van der Waals surface area contributed by atoms with Gasteiger partial charge in [0.15, 0.2) is 23.6 Å². The van der Waals surface area contributed by atoms with Gasteiger partial charge < -0.3 is 10.1 Å². The fourth-order valence-corrected chi connectivity index (χ4v) is 2.17. The molecule has 2 aromatic rings. The first-order chi connectivity index (χ1) is 10.4. The van der Waals surface area contributed by atoms with Crippen molar-refractivity contribution in [2.24, 2.45) is 0 Å². The predicted molar refractivity (Wildman–Crippen MR) is 84.2 cm³/mol. The number of ether oxygens (including phenoxy) is 1. The quantitative estimate of drug-likeness (QED) is 0.596. The van der Waals surface area contributed by atoms with Crippen LogP contribution in [0.25, 0.3) is 0 Å². The van der Waals surface area contributed by atoms with Crippen LogP contribution >= 0.6 is 22.6 Å². The largest absolute Gasteiger partial charge is 0.481 e. The van der Waals surface area contributed by atoms with Crippen LogP contribution in [0.3, 0.4) is 0 Å². The summed E-state index contributed by atoms with van der Waals surface area (Å²) in [7, 11) is 0. The Morgan fingerprint density at radius 3 is 2.59 bits per heavy atom. The van der Waals surface area contributed by atoms with E-state index in [1.807, 2.05) is 6.07 Å². The summed E-state index contributed by atoms with van der Waals surface area (Å²) >= 11 is 2.09. The van der Waals surface area contributed by atoms with E-state index >= 15 is 0 Å². The summed E-state index contributed by atoms with van der Waals surface area (Å²) in [4.78, 5) is 11.9. The topological polar surface area (TPSA) is 38.3 Å². The minimum absolute atomic E-state index is 0.443. The van der Waals surface area contributed by atoms with Crippen molar-refractivity contribution in [1.29, 1.82) is 0 Å². The molecule has 1 unspecified atom stereocenters. The van der Waals surface area contributed by atoms with Crippen molar-refractivity contribution in [3.05, 3.63) is 57.4 Å². The van der Waals surface area contributed by atoms with Gasteiger partial charge in [-0.1, -0.05) is 6.07 Å². The van der Waals surface area contributed by atoms with Gasteiger partial charge in [0.05, 0.1) is 5.69 Å². The third kappa shape index (κ3) is 3.90. The van der Waals surface area contributed by atoms with Crippen LogP contribution in [0.1, 0.15) is 6.92 Å². The van der Waals surface area contributed by atoms with Gasteiger partial charge >= 0.3 is 0 Å². The Labute approximate surface area is 138 Å². The van der Waals surface area contributed by atoms with Crippen molar-refractivity contribution in [3.63, 3.8) is 0 Å². The Morgan fingerprint density at radius 1 is 1.18 bits per heavy atom. The molecule has 0 aliphatic heterocycles. The molecule has 7 heteroatoms. The molecule has 0 spiro atoms. The van der Waals surface area contributed by atoms with Gasteiger partial charge in [0.1, 0.15) is 5.75 Å². The highest BCUT2D eigenvalue weighted by Crippen LogP contribution is 2.21. The van der Waals surface area contributed by atoms with E-state index in [1.54, 1.807) is 18.2 Å². The molecule has 1 N–H and O–H groups in total. The Hall–Kier alpha value is -1.77. The summed E-state index contributed by atoms with van der Waals surface area (Å²) < 4.78 is 45.8. The molecule has 2 aromatic carbocycles. The van der Waals surface area contributed by atoms with Crippen LogP contribution in [0.5, 0.6) is 5.75 Å². The van der Waals surface area contributed by atoms with Crippen molar-refractivity contribution in [2.45, 2.75) is 13.0 Å². The smallest absolute Gasteiger partial charge is 0.265 e. The van der Waals surface area contributed by atoms with E-state index in [1.165, 1.54) is 6.92 Å². The van der Waals surface area contributed by atoms with E-state index in [0.717, 1.165) is 15.7 Å². The molecule has 1 atom stereocenters. The molecule has 0 aromatic heterocycles. The first kappa shape index (κ1) is 16.6. The van der Waals surface area contributed by atoms with E-state index in [0.29, 0.717) is 5.75 Å². The summed E-state index contributed by atoms with van der Waals surface area (Å²) in [5.74, 6) is -4.61. The van der Waals surface area contributed by atoms with E-state index in [9.17, 15) is 18.0 Å². The Balaban J connectivity index is 2.07. The van der Waals surface area contributed by atoms with Crippen molar-refractivity contribution in [1.82, 2.24) is 0 Å². The monoisotopic (exact) mass is 421 g/mol. The number of benzene rings is 2. The lowest BCUT2D eigenvalue weighted by Crippen LogP contribution is -2.30. The summed E-state index contributed by atoms with van der Waals surface area (Å²) in [5.41, 5.74) is -0.443. The fraction of sp³-hybridized carbons (Fsp3) is 0.133. The van der Waals surface area contributed by atoms with E-state index < -0.39 is 35.2 Å². The lowest BCUT2D eigenvalue weighted by atomic mass is 10.2. The molecule has 0 saturated heterocycles. The second-order valence-corrected chi connectivity index (χ2v) is 5.68. The highest BCUT2D eigenvalue weighted by molar-refractivity contribution is 14.1. The Bertz CT molecular complexity index is 709. The zero-order valence-corrected chi connectivity index (χ0v) is 13.5. The second-order valence-electron chi connectivity index (χ2n) is 4.43. The average Bonchev–Trinajstić information content (AvgIpc) is 2.47. The average molecular weight is 421 g/mol. The zero-order chi connectivity index (χ0) is 16.3. The van der Waals surface area contributed by atoms with Crippen LogP contribution in [-0.2, 0) is 4.79 Å². The van der Waals surface area contributed by atoms with Crippen molar-refractivity contribution >= 4 is 34.2 Å². The number of carbonyl (C=O) groups excluding carboxylic acids is 1. The Morgan fingerprint density at radius 2 is 1.91 bits per heavy atom. The van der Waals surface area contributed by atoms with Crippen LogP contribution in [0.4, 0.5) is 18.9 Å². The third-order valence-corrected chi connectivity index (χ3v) is 3.44. The predicted octanol–water partition coefficient (Wildman–Crippen LogP) is 4.11. The number of amides is 1. The van der Waals surface area contributed by atoms with Crippen molar-refractivity contribution in [2.75, 3.05) is 5.32 Å². The molecular formula is C15H11F3INO2. The van der Waals surface area contributed by atoms with Crippen LogP contribution < -0.4 is 10.1 Å².